The van der Waals surface area contributed by atoms with Gasteiger partial charge < -0.3 is 33.9 Å². The minimum absolute atomic E-state index is 0.0277. The summed E-state index contributed by atoms with van der Waals surface area (Å²) < 4.78 is 28.5. The molecule has 0 amide bonds. The predicted molar refractivity (Wildman–Crippen MR) is 79.3 cm³/mol. The van der Waals surface area contributed by atoms with Crippen LogP contribution in [0.25, 0.3) is 0 Å². The molecule has 0 radical (unpaired) electrons. The number of hydrogen-bond acceptors (Lipinski definition) is 9. The van der Waals surface area contributed by atoms with E-state index in [4.69, 9.17) is 33.9 Å². The first-order valence-corrected chi connectivity index (χ1v) is 7.33. The van der Waals surface area contributed by atoms with Gasteiger partial charge in [-0.05, 0) is 0 Å². The molecule has 0 spiro atoms. The second kappa shape index (κ2) is 18.1. The predicted octanol–water partition coefficient (Wildman–Crippen LogP) is -1.19. The van der Waals surface area contributed by atoms with Crippen molar-refractivity contribution in [2.24, 2.45) is 0 Å². The number of rotatable bonds is 17. The summed E-state index contributed by atoms with van der Waals surface area (Å²) in [6.07, 6.45) is -0.480. The van der Waals surface area contributed by atoms with Crippen LogP contribution in [0.4, 0.5) is 0 Å². The molecule has 21 heavy (non-hydrogen) atoms. The monoisotopic (exact) mass is 329 g/mol. The summed E-state index contributed by atoms with van der Waals surface area (Å²) in [7, 11) is 0. The van der Waals surface area contributed by atoms with E-state index in [9.17, 15) is 0 Å². The molecule has 3 N–H and O–H groups in total. The highest BCUT2D eigenvalue weighted by atomic mass is 32.1. The Morgan fingerprint density at radius 2 is 1.14 bits per heavy atom. The molecular formula is C12H27NO7S. The standard InChI is InChI=1S/C12H27NO7S/c14-1-2-16-3-4-17-5-6-18-7-8-19-9-10-20-12(11-15)13-21/h12-15,21H,1-11H2. The summed E-state index contributed by atoms with van der Waals surface area (Å²) >= 11 is 3.79. The highest BCUT2D eigenvalue weighted by Crippen LogP contribution is 1.88. The maximum atomic E-state index is 8.80. The van der Waals surface area contributed by atoms with Crippen molar-refractivity contribution in [2.45, 2.75) is 6.23 Å². The number of aliphatic hydroxyl groups is 2. The molecular weight excluding hydrogens is 302 g/mol. The Morgan fingerprint density at radius 1 is 0.714 bits per heavy atom. The first-order valence-electron chi connectivity index (χ1n) is 6.89. The van der Waals surface area contributed by atoms with E-state index < -0.39 is 6.23 Å². The van der Waals surface area contributed by atoms with E-state index in [1.165, 1.54) is 0 Å². The fraction of sp³-hybridized carbons (Fsp3) is 1.00. The molecule has 0 heterocycles. The highest BCUT2D eigenvalue weighted by Gasteiger charge is 2.02. The van der Waals surface area contributed by atoms with E-state index in [0.717, 1.165) is 0 Å². The van der Waals surface area contributed by atoms with Crippen LogP contribution in [-0.4, -0.2) is 89.1 Å². The minimum atomic E-state index is -0.480. The smallest absolute Gasteiger partial charge is 0.140 e. The van der Waals surface area contributed by atoms with Crippen molar-refractivity contribution in [3.63, 3.8) is 0 Å². The average molecular weight is 329 g/mol. The molecule has 0 aromatic rings. The molecule has 0 rings (SSSR count). The van der Waals surface area contributed by atoms with Crippen LogP contribution in [0.3, 0.4) is 0 Å². The van der Waals surface area contributed by atoms with Crippen LogP contribution in [0, 0.1) is 0 Å². The molecule has 0 aromatic carbocycles. The lowest BCUT2D eigenvalue weighted by molar-refractivity contribution is -0.0367. The van der Waals surface area contributed by atoms with Crippen molar-refractivity contribution in [3.8, 4) is 0 Å². The lowest BCUT2D eigenvalue weighted by atomic mass is 10.6. The molecule has 9 heteroatoms. The van der Waals surface area contributed by atoms with E-state index in [1.807, 2.05) is 0 Å². The molecule has 0 fully saturated rings. The second-order valence-electron chi connectivity index (χ2n) is 3.84. The van der Waals surface area contributed by atoms with Crippen molar-refractivity contribution in [1.82, 2.24) is 4.72 Å². The third-order valence-corrected chi connectivity index (χ3v) is 2.50. The third-order valence-electron chi connectivity index (χ3n) is 2.21. The van der Waals surface area contributed by atoms with Gasteiger partial charge in [0.15, 0.2) is 0 Å². The van der Waals surface area contributed by atoms with Gasteiger partial charge in [-0.25, -0.2) is 4.72 Å². The Labute approximate surface area is 131 Å². The second-order valence-corrected chi connectivity index (χ2v) is 4.10. The summed E-state index contributed by atoms with van der Waals surface area (Å²) in [6.45, 7) is 3.93. The van der Waals surface area contributed by atoms with Crippen LogP contribution >= 0.6 is 12.8 Å². The van der Waals surface area contributed by atoms with E-state index >= 15 is 0 Å². The van der Waals surface area contributed by atoms with Gasteiger partial charge in [-0.1, -0.05) is 12.8 Å². The minimum Gasteiger partial charge on any atom is -0.394 e. The molecule has 1 unspecified atom stereocenters. The van der Waals surface area contributed by atoms with Crippen LogP contribution in [-0.2, 0) is 23.7 Å². The number of nitrogens with one attached hydrogen (secondary N) is 1. The summed E-state index contributed by atoms with van der Waals surface area (Å²) in [5.74, 6) is 0. The van der Waals surface area contributed by atoms with E-state index in [2.05, 4.69) is 17.5 Å². The molecule has 128 valence electrons. The molecule has 8 nitrogen and oxygen atoms in total. The summed E-state index contributed by atoms with van der Waals surface area (Å²) in [4.78, 5) is 0. The fourth-order valence-corrected chi connectivity index (χ4v) is 1.36. The largest absolute Gasteiger partial charge is 0.394 e. The zero-order valence-corrected chi connectivity index (χ0v) is 13.1. The zero-order chi connectivity index (χ0) is 15.6. The molecule has 0 saturated heterocycles. The van der Waals surface area contributed by atoms with Gasteiger partial charge in [0.2, 0.25) is 0 Å². The summed E-state index contributed by atoms with van der Waals surface area (Å²) in [5.41, 5.74) is 0. The molecule has 0 saturated carbocycles. The topological polar surface area (TPSA) is 98.6 Å². The maximum absolute atomic E-state index is 8.80. The highest BCUT2D eigenvalue weighted by molar-refractivity contribution is 7.78. The number of thiol groups is 1. The first kappa shape index (κ1) is 21.0. The maximum Gasteiger partial charge on any atom is 0.140 e. The SMILES string of the molecule is OCCOCCOCCOCCOCCOC(CO)NS. The lowest BCUT2D eigenvalue weighted by Crippen LogP contribution is -2.30. The summed E-state index contributed by atoms with van der Waals surface area (Å²) in [5, 5.41) is 17.3. The molecule has 0 aliphatic carbocycles. The molecule has 0 aliphatic heterocycles. The van der Waals surface area contributed by atoms with E-state index in [1.54, 1.807) is 0 Å². The van der Waals surface area contributed by atoms with Gasteiger partial charge in [0.25, 0.3) is 0 Å². The zero-order valence-electron chi connectivity index (χ0n) is 12.2. The Kier molecular flexibility index (Phi) is 18.1. The van der Waals surface area contributed by atoms with Gasteiger partial charge in [-0.2, -0.15) is 0 Å². The van der Waals surface area contributed by atoms with Crippen molar-refractivity contribution in [1.29, 1.82) is 0 Å². The lowest BCUT2D eigenvalue weighted by Gasteiger charge is -2.13. The van der Waals surface area contributed by atoms with E-state index in [0.29, 0.717) is 59.5 Å². The number of aliphatic hydroxyl groups excluding tert-OH is 2. The van der Waals surface area contributed by atoms with Gasteiger partial charge in [0.1, 0.15) is 6.23 Å². The number of ether oxygens (including phenoxy) is 5. The Morgan fingerprint density at radius 3 is 1.52 bits per heavy atom. The van der Waals surface area contributed by atoms with Crippen LogP contribution in [0.15, 0.2) is 0 Å². The third kappa shape index (κ3) is 16.2. The quantitative estimate of drug-likeness (QED) is 0.150. The van der Waals surface area contributed by atoms with Crippen LogP contribution in [0.5, 0.6) is 0 Å². The van der Waals surface area contributed by atoms with Gasteiger partial charge >= 0.3 is 0 Å². The van der Waals surface area contributed by atoms with Gasteiger partial charge in [-0.15, -0.1) is 0 Å². The molecule has 0 aromatic heterocycles. The van der Waals surface area contributed by atoms with Gasteiger partial charge in [0.05, 0.1) is 72.7 Å². The Bertz CT molecular complexity index is 198. The van der Waals surface area contributed by atoms with Crippen molar-refractivity contribution >= 4 is 12.8 Å². The van der Waals surface area contributed by atoms with Gasteiger partial charge in [0, 0.05) is 0 Å². The molecule has 0 bridgehead atoms. The number of hydrogen-bond donors (Lipinski definition) is 4. The molecule has 0 aliphatic rings. The van der Waals surface area contributed by atoms with Crippen molar-refractivity contribution in [2.75, 3.05) is 72.7 Å². The molecule has 1 atom stereocenters. The van der Waals surface area contributed by atoms with Gasteiger partial charge in [-0.3, -0.25) is 0 Å². The van der Waals surface area contributed by atoms with Crippen LogP contribution in [0.1, 0.15) is 0 Å². The van der Waals surface area contributed by atoms with Crippen molar-refractivity contribution < 1.29 is 33.9 Å². The average Bonchev–Trinajstić information content (AvgIpc) is 2.51. The summed E-state index contributed by atoms with van der Waals surface area (Å²) in [6, 6.07) is 0. The normalized spacial score (nSPS) is 12.7. The van der Waals surface area contributed by atoms with Crippen molar-refractivity contribution in [3.05, 3.63) is 0 Å². The van der Waals surface area contributed by atoms with Crippen LogP contribution in [0.2, 0.25) is 0 Å². The Balaban J connectivity index is 3.02. The fourth-order valence-electron chi connectivity index (χ4n) is 1.21. The van der Waals surface area contributed by atoms with Crippen LogP contribution < -0.4 is 4.72 Å². The Hall–Kier alpha value is 0.0300. The first-order chi connectivity index (χ1) is 10.3. The van der Waals surface area contributed by atoms with E-state index in [-0.39, 0.29) is 13.2 Å².